The Hall–Kier alpha value is -0.920. The van der Waals surface area contributed by atoms with Gasteiger partial charge in [-0.15, -0.1) is 10.2 Å². The highest BCUT2D eigenvalue weighted by molar-refractivity contribution is 7.90. The van der Waals surface area contributed by atoms with Crippen LogP contribution in [0, 0.1) is 5.92 Å². The molecule has 0 amide bonds. The molecule has 1 aliphatic carbocycles. The van der Waals surface area contributed by atoms with E-state index in [0.29, 0.717) is 23.7 Å². The fraction of sp³-hybridized carbons (Fsp3) is 0.714. The summed E-state index contributed by atoms with van der Waals surface area (Å²) in [7, 11) is -3.16. The first-order chi connectivity index (χ1) is 10.4. The van der Waals surface area contributed by atoms with Crippen LogP contribution in [0.4, 0.5) is 5.82 Å². The Labute approximate surface area is 137 Å². The van der Waals surface area contributed by atoms with E-state index in [1.165, 1.54) is 0 Å². The number of hydrogen-bond acceptors (Lipinski definition) is 5. The van der Waals surface area contributed by atoms with E-state index in [1.807, 2.05) is 6.07 Å². The first-order valence-electron chi connectivity index (χ1n) is 7.61. The standard InChI is InChI=1S/C14H23ClN4O2S/c1-10(2)22(20,21)16-9-11-3-5-12(6-4-11)17-14-8-7-13(15)18-19-14/h7-8,10-12,16H,3-6,9H2,1-2H3,(H,17,19)/t11-,12-. The van der Waals surface area contributed by atoms with Gasteiger partial charge in [0.1, 0.15) is 5.82 Å². The molecule has 1 aromatic rings. The highest BCUT2D eigenvalue weighted by Crippen LogP contribution is 2.26. The Morgan fingerprint density at radius 3 is 2.45 bits per heavy atom. The Morgan fingerprint density at radius 2 is 1.91 bits per heavy atom. The second-order valence-corrected chi connectivity index (χ2v) is 8.75. The zero-order chi connectivity index (χ0) is 16.2. The molecule has 0 aliphatic heterocycles. The molecule has 1 saturated carbocycles. The minimum Gasteiger partial charge on any atom is -0.366 e. The van der Waals surface area contributed by atoms with Gasteiger partial charge in [0.2, 0.25) is 10.0 Å². The first-order valence-corrected chi connectivity index (χ1v) is 9.53. The molecule has 1 aromatic heterocycles. The predicted octanol–water partition coefficient (Wildman–Crippen LogP) is 2.43. The van der Waals surface area contributed by atoms with E-state index < -0.39 is 10.0 Å². The van der Waals surface area contributed by atoms with E-state index in [0.717, 1.165) is 31.5 Å². The van der Waals surface area contributed by atoms with Crippen molar-refractivity contribution >= 4 is 27.4 Å². The normalized spacial score (nSPS) is 22.7. The Balaban J connectivity index is 1.75. The quantitative estimate of drug-likeness (QED) is 0.826. The Morgan fingerprint density at radius 1 is 1.23 bits per heavy atom. The van der Waals surface area contributed by atoms with Gasteiger partial charge in [0.05, 0.1) is 5.25 Å². The van der Waals surface area contributed by atoms with Crippen molar-refractivity contribution in [2.24, 2.45) is 5.92 Å². The summed E-state index contributed by atoms with van der Waals surface area (Å²) in [6.45, 7) is 3.92. The van der Waals surface area contributed by atoms with Crippen LogP contribution in [0.15, 0.2) is 12.1 Å². The number of nitrogens with zero attached hydrogens (tertiary/aromatic N) is 2. The maximum atomic E-state index is 11.8. The van der Waals surface area contributed by atoms with Gasteiger partial charge in [-0.25, -0.2) is 13.1 Å². The minimum absolute atomic E-state index is 0.355. The van der Waals surface area contributed by atoms with E-state index in [4.69, 9.17) is 11.6 Å². The summed E-state index contributed by atoms with van der Waals surface area (Å²) < 4.78 is 26.2. The van der Waals surface area contributed by atoms with Crippen molar-refractivity contribution in [3.63, 3.8) is 0 Å². The van der Waals surface area contributed by atoms with Gasteiger partial charge in [-0.1, -0.05) is 11.6 Å². The van der Waals surface area contributed by atoms with Crippen molar-refractivity contribution in [1.29, 1.82) is 0 Å². The van der Waals surface area contributed by atoms with Gasteiger partial charge in [-0.2, -0.15) is 0 Å². The van der Waals surface area contributed by atoms with Gasteiger partial charge in [-0.3, -0.25) is 0 Å². The summed E-state index contributed by atoms with van der Waals surface area (Å²) in [5, 5.41) is 11.2. The lowest BCUT2D eigenvalue weighted by molar-refractivity contribution is 0.336. The topological polar surface area (TPSA) is 84.0 Å². The molecule has 1 fully saturated rings. The lowest BCUT2D eigenvalue weighted by Gasteiger charge is -2.29. The summed E-state index contributed by atoms with van der Waals surface area (Å²) in [5.74, 6) is 1.14. The van der Waals surface area contributed by atoms with E-state index in [1.54, 1.807) is 19.9 Å². The number of anilines is 1. The lowest BCUT2D eigenvalue weighted by atomic mass is 9.86. The number of nitrogens with one attached hydrogen (secondary N) is 2. The molecule has 2 N–H and O–H groups in total. The molecule has 0 radical (unpaired) electrons. The van der Waals surface area contributed by atoms with Gasteiger partial charge in [-0.05, 0) is 57.6 Å². The van der Waals surface area contributed by atoms with Gasteiger partial charge in [0.25, 0.3) is 0 Å². The van der Waals surface area contributed by atoms with Crippen LogP contribution >= 0.6 is 11.6 Å². The number of aromatic nitrogens is 2. The van der Waals surface area contributed by atoms with Crippen LogP contribution in [0.25, 0.3) is 0 Å². The van der Waals surface area contributed by atoms with Crippen LogP contribution < -0.4 is 10.0 Å². The predicted molar refractivity (Wildman–Crippen MR) is 88.5 cm³/mol. The number of rotatable bonds is 6. The zero-order valence-corrected chi connectivity index (χ0v) is 14.5. The molecule has 6 nitrogen and oxygen atoms in total. The molecule has 0 spiro atoms. The van der Waals surface area contributed by atoms with Crippen LogP contribution in [-0.4, -0.2) is 36.5 Å². The number of sulfonamides is 1. The van der Waals surface area contributed by atoms with E-state index in [9.17, 15) is 8.42 Å². The van der Waals surface area contributed by atoms with Gasteiger partial charge < -0.3 is 5.32 Å². The molecule has 0 saturated heterocycles. The summed E-state index contributed by atoms with van der Waals surface area (Å²) in [6, 6.07) is 3.88. The molecule has 0 unspecified atom stereocenters. The summed E-state index contributed by atoms with van der Waals surface area (Å²) in [4.78, 5) is 0. The fourth-order valence-electron chi connectivity index (χ4n) is 2.51. The van der Waals surface area contributed by atoms with Crippen molar-refractivity contribution in [1.82, 2.24) is 14.9 Å². The van der Waals surface area contributed by atoms with Crippen LogP contribution in [0.5, 0.6) is 0 Å². The molecule has 22 heavy (non-hydrogen) atoms. The second-order valence-electron chi connectivity index (χ2n) is 6.05. The molecule has 0 aromatic carbocycles. The van der Waals surface area contributed by atoms with E-state index >= 15 is 0 Å². The summed E-state index contributed by atoms with van der Waals surface area (Å²) in [5.41, 5.74) is 0. The van der Waals surface area contributed by atoms with Crippen molar-refractivity contribution in [3.8, 4) is 0 Å². The molecule has 8 heteroatoms. The fourth-order valence-corrected chi connectivity index (χ4v) is 3.42. The summed E-state index contributed by atoms with van der Waals surface area (Å²) in [6.07, 6.45) is 4.00. The molecule has 0 bridgehead atoms. The average molecular weight is 347 g/mol. The largest absolute Gasteiger partial charge is 0.366 e. The zero-order valence-electron chi connectivity index (χ0n) is 12.9. The Bertz CT molecular complexity index is 569. The second kappa shape index (κ2) is 7.57. The van der Waals surface area contributed by atoms with Crippen LogP contribution in [-0.2, 0) is 10.0 Å². The third-order valence-electron chi connectivity index (χ3n) is 4.02. The van der Waals surface area contributed by atoms with E-state index in [-0.39, 0.29) is 5.25 Å². The molecule has 1 aliphatic rings. The number of hydrogen-bond donors (Lipinski definition) is 2. The van der Waals surface area contributed by atoms with Crippen molar-refractivity contribution in [3.05, 3.63) is 17.3 Å². The highest BCUT2D eigenvalue weighted by Gasteiger charge is 2.23. The van der Waals surface area contributed by atoms with Crippen LogP contribution in [0.2, 0.25) is 5.15 Å². The highest BCUT2D eigenvalue weighted by atomic mass is 35.5. The van der Waals surface area contributed by atoms with Crippen molar-refractivity contribution in [2.75, 3.05) is 11.9 Å². The van der Waals surface area contributed by atoms with Gasteiger partial charge in [0.15, 0.2) is 5.15 Å². The molecular formula is C14H23ClN4O2S. The third kappa shape index (κ3) is 5.07. The monoisotopic (exact) mass is 346 g/mol. The molecule has 1 heterocycles. The van der Waals surface area contributed by atoms with Crippen LogP contribution in [0.3, 0.4) is 0 Å². The minimum atomic E-state index is -3.16. The van der Waals surface area contributed by atoms with Gasteiger partial charge in [0, 0.05) is 12.6 Å². The maximum absolute atomic E-state index is 11.8. The Kier molecular flexibility index (Phi) is 6.00. The van der Waals surface area contributed by atoms with Crippen LogP contribution in [0.1, 0.15) is 39.5 Å². The van der Waals surface area contributed by atoms with Gasteiger partial charge >= 0.3 is 0 Å². The first kappa shape index (κ1) is 17.4. The number of halogens is 1. The summed E-state index contributed by atoms with van der Waals surface area (Å²) >= 11 is 5.71. The van der Waals surface area contributed by atoms with Crippen molar-refractivity contribution < 1.29 is 8.42 Å². The molecule has 0 atom stereocenters. The molecular weight excluding hydrogens is 324 g/mol. The SMILES string of the molecule is CC(C)S(=O)(=O)NC[C@H]1CC[C@H](Nc2ccc(Cl)nn2)CC1. The van der Waals surface area contributed by atoms with E-state index in [2.05, 4.69) is 20.2 Å². The third-order valence-corrected chi connectivity index (χ3v) is 6.04. The molecule has 2 rings (SSSR count). The molecule has 124 valence electrons. The smallest absolute Gasteiger partial charge is 0.213 e. The van der Waals surface area contributed by atoms with Crippen molar-refractivity contribution in [2.45, 2.75) is 50.8 Å². The maximum Gasteiger partial charge on any atom is 0.213 e. The lowest BCUT2D eigenvalue weighted by Crippen LogP contribution is -2.37. The average Bonchev–Trinajstić information content (AvgIpc) is 2.49.